The second kappa shape index (κ2) is 8.71. The maximum atomic E-state index is 12.0. The zero-order chi connectivity index (χ0) is 18.3. The fourth-order valence-corrected chi connectivity index (χ4v) is 2.06. The van der Waals surface area contributed by atoms with Crippen LogP contribution < -0.4 is 9.47 Å². The van der Waals surface area contributed by atoms with E-state index >= 15 is 0 Å². The van der Waals surface area contributed by atoms with E-state index in [1.165, 1.54) is 7.11 Å². The summed E-state index contributed by atoms with van der Waals surface area (Å²) in [5.74, 6) is 0.619. The average molecular weight is 336 g/mol. The van der Waals surface area contributed by atoms with E-state index in [1.54, 1.807) is 12.1 Å². The molecule has 0 bridgehead atoms. The van der Waals surface area contributed by atoms with Gasteiger partial charge in [-0.05, 0) is 43.4 Å². The zero-order valence-electron chi connectivity index (χ0n) is 15.5. The van der Waals surface area contributed by atoms with Crippen molar-refractivity contribution in [3.63, 3.8) is 0 Å². The molecule has 0 amide bonds. The summed E-state index contributed by atoms with van der Waals surface area (Å²) in [6.07, 6.45) is 1.47. The molecule has 0 unspecified atom stereocenters. The molecule has 0 saturated carbocycles. The first-order valence-corrected chi connectivity index (χ1v) is 8.14. The van der Waals surface area contributed by atoms with Crippen molar-refractivity contribution in [1.29, 1.82) is 0 Å². The van der Waals surface area contributed by atoms with Gasteiger partial charge in [-0.25, -0.2) is 0 Å². The summed E-state index contributed by atoms with van der Waals surface area (Å²) in [5.41, 5.74) is 1.07. The molecule has 0 atom stereocenters. The molecule has 0 aromatic heterocycles. The third-order valence-corrected chi connectivity index (χ3v) is 3.37. The highest BCUT2D eigenvalue weighted by molar-refractivity contribution is 5.83. The number of rotatable bonds is 8. The van der Waals surface area contributed by atoms with Gasteiger partial charge in [0.2, 0.25) is 0 Å². The Kier molecular flexibility index (Phi) is 7.26. The molecule has 5 nitrogen and oxygen atoms in total. The van der Waals surface area contributed by atoms with Gasteiger partial charge in [0.1, 0.15) is 6.29 Å². The van der Waals surface area contributed by atoms with Crippen LogP contribution in [-0.2, 0) is 16.0 Å². The fourth-order valence-electron chi connectivity index (χ4n) is 2.06. The Morgan fingerprint density at radius 1 is 1.21 bits per heavy atom. The molecule has 1 aromatic carbocycles. The number of methoxy groups -OCH3 is 1. The Bertz CT molecular complexity index is 570. The van der Waals surface area contributed by atoms with Crippen molar-refractivity contribution >= 4 is 12.3 Å². The number of esters is 1. The van der Waals surface area contributed by atoms with Gasteiger partial charge in [0.05, 0.1) is 26.2 Å². The standard InChI is InChI=1S/C19H28O5/c1-13(2)24-17-10-15(12-20)14(9-16(17)22-6)11-18(21)23-8-7-19(3,4)5/h9-10,12-13H,7-8,11H2,1-6H3. The molecule has 1 aromatic rings. The van der Waals surface area contributed by atoms with Crippen molar-refractivity contribution in [2.24, 2.45) is 5.41 Å². The molecule has 0 heterocycles. The van der Waals surface area contributed by atoms with E-state index in [9.17, 15) is 9.59 Å². The van der Waals surface area contributed by atoms with Crippen LogP contribution in [-0.4, -0.2) is 32.1 Å². The van der Waals surface area contributed by atoms with Gasteiger partial charge in [-0.3, -0.25) is 9.59 Å². The van der Waals surface area contributed by atoms with Gasteiger partial charge in [-0.2, -0.15) is 0 Å². The first-order chi connectivity index (χ1) is 11.2. The Morgan fingerprint density at radius 3 is 2.38 bits per heavy atom. The van der Waals surface area contributed by atoms with E-state index in [1.807, 2.05) is 13.8 Å². The van der Waals surface area contributed by atoms with Crippen LogP contribution in [0.3, 0.4) is 0 Å². The third kappa shape index (κ3) is 6.60. The van der Waals surface area contributed by atoms with Gasteiger partial charge in [-0.15, -0.1) is 0 Å². The molecule has 5 heteroatoms. The highest BCUT2D eigenvalue weighted by Gasteiger charge is 2.17. The highest BCUT2D eigenvalue weighted by atomic mass is 16.5. The van der Waals surface area contributed by atoms with Crippen molar-refractivity contribution in [3.8, 4) is 11.5 Å². The van der Waals surface area contributed by atoms with Crippen LogP contribution in [0.5, 0.6) is 11.5 Å². The topological polar surface area (TPSA) is 61.8 Å². The number of carbonyl (C=O) groups is 2. The summed E-state index contributed by atoms with van der Waals surface area (Å²) in [4.78, 5) is 23.4. The minimum absolute atomic E-state index is 0.0243. The second-order valence-corrected chi connectivity index (χ2v) is 7.19. The maximum Gasteiger partial charge on any atom is 0.310 e. The molecule has 0 radical (unpaired) electrons. The van der Waals surface area contributed by atoms with Crippen molar-refractivity contribution in [3.05, 3.63) is 23.3 Å². The molecule has 0 aliphatic heterocycles. The first-order valence-electron chi connectivity index (χ1n) is 8.14. The van der Waals surface area contributed by atoms with Crippen LogP contribution in [0.4, 0.5) is 0 Å². The van der Waals surface area contributed by atoms with E-state index in [4.69, 9.17) is 14.2 Å². The number of carbonyl (C=O) groups excluding carboxylic acids is 2. The van der Waals surface area contributed by atoms with Crippen LogP contribution >= 0.6 is 0 Å². The highest BCUT2D eigenvalue weighted by Crippen LogP contribution is 2.31. The molecule has 0 saturated heterocycles. The fraction of sp³-hybridized carbons (Fsp3) is 0.579. The lowest BCUT2D eigenvalue weighted by Gasteiger charge is -2.18. The van der Waals surface area contributed by atoms with Crippen molar-refractivity contribution in [2.45, 2.75) is 53.6 Å². The van der Waals surface area contributed by atoms with E-state index in [0.29, 0.717) is 35.5 Å². The normalized spacial score (nSPS) is 11.3. The van der Waals surface area contributed by atoms with Crippen molar-refractivity contribution in [2.75, 3.05) is 13.7 Å². The number of hydrogen-bond acceptors (Lipinski definition) is 5. The van der Waals surface area contributed by atoms with E-state index in [-0.39, 0.29) is 23.9 Å². The smallest absolute Gasteiger partial charge is 0.310 e. The lowest BCUT2D eigenvalue weighted by Crippen LogP contribution is -2.15. The Balaban J connectivity index is 2.86. The SMILES string of the molecule is COc1cc(CC(=O)OCCC(C)(C)C)c(C=O)cc1OC(C)C. The number of aldehydes is 1. The van der Waals surface area contributed by atoms with Crippen molar-refractivity contribution < 1.29 is 23.8 Å². The number of hydrogen-bond donors (Lipinski definition) is 0. The number of benzene rings is 1. The van der Waals surface area contributed by atoms with Crippen LogP contribution in [0.15, 0.2) is 12.1 Å². The molecular formula is C19H28O5. The maximum absolute atomic E-state index is 12.0. The monoisotopic (exact) mass is 336 g/mol. The molecule has 0 aliphatic carbocycles. The predicted octanol–water partition coefficient (Wildman–Crippen LogP) is 3.82. The molecule has 0 spiro atoms. The van der Waals surface area contributed by atoms with Gasteiger partial charge < -0.3 is 14.2 Å². The molecule has 134 valence electrons. The third-order valence-electron chi connectivity index (χ3n) is 3.37. The van der Waals surface area contributed by atoms with E-state index < -0.39 is 0 Å². The molecular weight excluding hydrogens is 308 g/mol. The minimum atomic E-state index is -0.359. The summed E-state index contributed by atoms with van der Waals surface area (Å²) in [5, 5.41) is 0. The molecule has 0 fully saturated rings. The van der Waals surface area contributed by atoms with Crippen molar-refractivity contribution in [1.82, 2.24) is 0 Å². The minimum Gasteiger partial charge on any atom is -0.493 e. The summed E-state index contributed by atoms with van der Waals surface area (Å²) < 4.78 is 16.2. The van der Waals surface area contributed by atoms with E-state index in [0.717, 1.165) is 6.42 Å². The van der Waals surface area contributed by atoms with Gasteiger partial charge in [0, 0.05) is 5.56 Å². The zero-order valence-corrected chi connectivity index (χ0v) is 15.5. The summed E-state index contributed by atoms with van der Waals surface area (Å²) in [6, 6.07) is 3.26. The van der Waals surface area contributed by atoms with Crippen LogP contribution in [0.2, 0.25) is 0 Å². The summed E-state index contributed by atoms with van der Waals surface area (Å²) in [7, 11) is 1.52. The van der Waals surface area contributed by atoms with Crippen LogP contribution in [0.1, 0.15) is 57.0 Å². The van der Waals surface area contributed by atoms with E-state index in [2.05, 4.69) is 20.8 Å². The van der Waals surface area contributed by atoms with Crippen LogP contribution in [0.25, 0.3) is 0 Å². The van der Waals surface area contributed by atoms with Gasteiger partial charge in [-0.1, -0.05) is 20.8 Å². The summed E-state index contributed by atoms with van der Waals surface area (Å²) in [6.45, 7) is 10.4. The molecule has 1 rings (SSSR count). The quantitative estimate of drug-likeness (QED) is 0.533. The number of ether oxygens (including phenoxy) is 3. The molecule has 0 aliphatic rings. The predicted molar refractivity (Wildman–Crippen MR) is 92.9 cm³/mol. The molecule has 0 N–H and O–H groups in total. The Labute approximate surface area is 144 Å². The molecule has 24 heavy (non-hydrogen) atoms. The summed E-state index contributed by atoms with van der Waals surface area (Å²) >= 11 is 0. The van der Waals surface area contributed by atoms with Gasteiger partial charge >= 0.3 is 5.97 Å². The largest absolute Gasteiger partial charge is 0.493 e. The van der Waals surface area contributed by atoms with Gasteiger partial charge in [0.25, 0.3) is 0 Å². The van der Waals surface area contributed by atoms with Gasteiger partial charge in [0.15, 0.2) is 11.5 Å². The second-order valence-electron chi connectivity index (χ2n) is 7.19. The van der Waals surface area contributed by atoms with Crippen LogP contribution in [0, 0.1) is 5.41 Å². The average Bonchev–Trinajstić information content (AvgIpc) is 2.46. The first kappa shape index (κ1) is 20.0. The lowest BCUT2D eigenvalue weighted by molar-refractivity contribution is -0.143. The Hall–Kier alpha value is -2.04. The Morgan fingerprint density at radius 2 is 1.88 bits per heavy atom. The lowest BCUT2D eigenvalue weighted by atomic mass is 9.93.